The maximum absolute atomic E-state index is 13.7. The van der Waals surface area contributed by atoms with Crippen LogP contribution in [0.25, 0.3) is 0 Å². The minimum Gasteiger partial charge on any atom is -0.490 e. The van der Waals surface area contributed by atoms with Gasteiger partial charge in [0.25, 0.3) is 11.9 Å². The average Bonchev–Trinajstić information content (AvgIpc) is 3.58. The van der Waals surface area contributed by atoms with Crippen LogP contribution in [0, 0.1) is 10.1 Å². The first-order chi connectivity index (χ1) is 18.9. The van der Waals surface area contributed by atoms with Crippen molar-refractivity contribution >= 4 is 34.8 Å². The van der Waals surface area contributed by atoms with E-state index < -0.39 is 17.5 Å². The van der Waals surface area contributed by atoms with Crippen molar-refractivity contribution in [2.45, 2.75) is 49.9 Å². The van der Waals surface area contributed by atoms with E-state index in [9.17, 15) is 14.9 Å². The molecule has 0 aromatic heterocycles. The number of nitrogens with zero attached hydrogens (tertiary/aromatic N) is 2. The second-order valence-electron chi connectivity index (χ2n) is 10.1. The lowest BCUT2D eigenvalue weighted by molar-refractivity contribution is -0.534. The third kappa shape index (κ3) is 4.04. The number of hydrogen-bond acceptors (Lipinski definition) is 6. The molecule has 202 valence electrons. The molecule has 39 heavy (non-hydrogen) atoms. The van der Waals surface area contributed by atoms with Gasteiger partial charge in [0.1, 0.15) is 6.61 Å². The number of benzene rings is 3. The normalized spacial score (nSPS) is 25.4. The molecule has 2 saturated heterocycles. The monoisotopic (exact) mass is 567 g/mol. The van der Waals surface area contributed by atoms with Crippen LogP contribution >= 0.6 is 23.2 Å². The van der Waals surface area contributed by atoms with E-state index in [4.69, 9.17) is 32.7 Å². The molecule has 0 saturated carbocycles. The van der Waals surface area contributed by atoms with Crippen molar-refractivity contribution in [3.05, 3.63) is 97.5 Å². The van der Waals surface area contributed by atoms with Gasteiger partial charge in [-0.05, 0) is 61.2 Å². The molecule has 2 fully saturated rings. The minimum atomic E-state index is -1.36. The molecule has 1 amide bonds. The van der Waals surface area contributed by atoms with Gasteiger partial charge < -0.3 is 14.8 Å². The Balaban J connectivity index is 1.39. The van der Waals surface area contributed by atoms with Crippen molar-refractivity contribution in [1.29, 1.82) is 0 Å². The number of anilines is 1. The number of nitro groups is 1. The fourth-order valence-corrected chi connectivity index (χ4v) is 7.01. The molecule has 1 N–H and O–H groups in total. The van der Waals surface area contributed by atoms with Gasteiger partial charge in [-0.3, -0.25) is 19.8 Å². The first kappa shape index (κ1) is 25.9. The highest BCUT2D eigenvalue weighted by molar-refractivity contribution is 6.42. The van der Waals surface area contributed by atoms with Gasteiger partial charge in [-0.1, -0.05) is 53.5 Å². The number of carbonyl (C=O) groups excluding carboxylic acids is 1. The van der Waals surface area contributed by atoms with Crippen molar-refractivity contribution in [2.75, 3.05) is 18.5 Å². The van der Waals surface area contributed by atoms with Crippen LogP contribution in [-0.4, -0.2) is 41.0 Å². The molecule has 3 aliphatic heterocycles. The Hall–Kier alpha value is -3.33. The number of para-hydroxylation sites is 1. The quantitative estimate of drug-likeness (QED) is 0.277. The first-order valence-corrected chi connectivity index (χ1v) is 13.8. The molecule has 6 rings (SSSR count). The molecule has 0 unspecified atom stereocenters. The molecule has 8 nitrogen and oxygen atoms in total. The number of hydrogen-bond donors (Lipinski definition) is 1. The van der Waals surface area contributed by atoms with E-state index in [-0.39, 0.29) is 23.5 Å². The summed E-state index contributed by atoms with van der Waals surface area (Å²) in [7, 11) is 0. The van der Waals surface area contributed by atoms with Gasteiger partial charge in [-0.15, -0.1) is 0 Å². The molecule has 4 atom stereocenters. The lowest BCUT2D eigenvalue weighted by Crippen LogP contribution is -2.55. The number of carbonyl (C=O) groups is 1. The standard InChI is InChI=1S/C29H27Cl2N3O5/c1-2-38-25-15-18(10-12-24(25)39-16-17-9-11-20(30)21(31)14-17)26-23-8-5-13-33(23)29(27(26)34(36)37)19-6-3-4-7-22(19)32-28(29)35/h3-4,6-7,9-12,14-15,23,26-27H,2,5,8,13,16H2,1H3,(H,32,35)/t23-,26+,27+,29+/m0/s1. The molecule has 0 aliphatic carbocycles. The highest BCUT2D eigenvalue weighted by Crippen LogP contribution is 2.58. The van der Waals surface area contributed by atoms with Crippen molar-refractivity contribution in [3.63, 3.8) is 0 Å². The van der Waals surface area contributed by atoms with Crippen LogP contribution < -0.4 is 14.8 Å². The zero-order valence-electron chi connectivity index (χ0n) is 21.2. The summed E-state index contributed by atoms with van der Waals surface area (Å²) in [6.07, 6.45) is 1.64. The van der Waals surface area contributed by atoms with E-state index >= 15 is 0 Å². The Morgan fingerprint density at radius 3 is 2.67 bits per heavy atom. The Morgan fingerprint density at radius 2 is 1.90 bits per heavy atom. The maximum Gasteiger partial charge on any atom is 0.256 e. The van der Waals surface area contributed by atoms with Gasteiger partial charge in [-0.25, -0.2) is 0 Å². The van der Waals surface area contributed by atoms with Crippen molar-refractivity contribution in [1.82, 2.24) is 4.90 Å². The zero-order chi connectivity index (χ0) is 27.3. The lowest BCUT2D eigenvalue weighted by atomic mass is 9.77. The summed E-state index contributed by atoms with van der Waals surface area (Å²) in [4.78, 5) is 28.3. The Morgan fingerprint density at radius 1 is 1.08 bits per heavy atom. The topological polar surface area (TPSA) is 93.9 Å². The van der Waals surface area contributed by atoms with Gasteiger partial charge >= 0.3 is 0 Å². The summed E-state index contributed by atoms with van der Waals surface area (Å²) in [5.41, 5.74) is 1.56. The fraction of sp³-hybridized carbons (Fsp3) is 0.345. The van der Waals surface area contributed by atoms with Crippen LogP contribution in [0.2, 0.25) is 10.0 Å². The molecule has 0 bridgehead atoms. The number of amides is 1. The third-order valence-electron chi connectivity index (χ3n) is 8.13. The lowest BCUT2D eigenvalue weighted by Gasteiger charge is -2.32. The molecule has 1 spiro atoms. The molecule has 10 heteroatoms. The number of nitrogens with one attached hydrogen (secondary N) is 1. The Kier molecular flexibility index (Phi) is 6.65. The molecule has 3 heterocycles. The Bertz CT molecular complexity index is 1470. The molecular formula is C29H27Cl2N3O5. The van der Waals surface area contributed by atoms with Gasteiger partial charge in [0.2, 0.25) is 0 Å². The van der Waals surface area contributed by atoms with E-state index in [1.807, 2.05) is 49.4 Å². The number of halogens is 2. The summed E-state index contributed by atoms with van der Waals surface area (Å²) >= 11 is 12.2. The fourth-order valence-electron chi connectivity index (χ4n) is 6.69. The van der Waals surface area contributed by atoms with Crippen LogP contribution in [0.15, 0.2) is 60.7 Å². The highest BCUT2D eigenvalue weighted by atomic mass is 35.5. The first-order valence-electron chi connectivity index (χ1n) is 13.0. The number of ether oxygens (including phenoxy) is 2. The van der Waals surface area contributed by atoms with Crippen LogP contribution in [0.3, 0.4) is 0 Å². The highest BCUT2D eigenvalue weighted by Gasteiger charge is 2.73. The third-order valence-corrected chi connectivity index (χ3v) is 8.86. The summed E-state index contributed by atoms with van der Waals surface area (Å²) in [5.74, 6) is 0.178. The van der Waals surface area contributed by atoms with E-state index in [2.05, 4.69) is 10.2 Å². The molecule has 0 radical (unpaired) electrons. The second kappa shape index (κ2) is 10.0. The second-order valence-corrected chi connectivity index (χ2v) is 10.9. The molecule has 3 aliphatic rings. The zero-order valence-corrected chi connectivity index (χ0v) is 22.7. The molecular weight excluding hydrogens is 541 g/mol. The van der Waals surface area contributed by atoms with Crippen LogP contribution in [0.5, 0.6) is 11.5 Å². The Labute approximate surface area is 236 Å². The van der Waals surface area contributed by atoms with E-state index in [1.165, 1.54) is 0 Å². The van der Waals surface area contributed by atoms with E-state index in [1.54, 1.807) is 18.2 Å². The number of fused-ring (bicyclic) bond motifs is 4. The summed E-state index contributed by atoms with van der Waals surface area (Å²) in [6, 6.07) is 16.8. The van der Waals surface area contributed by atoms with E-state index in [0.29, 0.717) is 45.9 Å². The summed E-state index contributed by atoms with van der Waals surface area (Å²) in [6.45, 7) is 3.13. The molecule has 3 aromatic carbocycles. The largest absolute Gasteiger partial charge is 0.490 e. The van der Waals surface area contributed by atoms with Crippen molar-refractivity contribution in [3.8, 4) is 11.5 Å². The van der Waals surface area contributed by atoms with Crippen molar-refractivity contribution in [2.24, 2.45) is 0 Å². The van der Waals surface area contributed by atoms with Gasteiger partial charge in [0.05, 0.1) is 22.6 Å². The summed E-state index contributed by atoms with van der Waals surface area (Å²) < 4.78 is 12.0. The minimum absolute atomic E-state index is 0.158. The maximum atomic E-state index is 13.7. The number of rotatable bonds is 7. The summed E-state index contributed by atoms with van der Waals surface area (Å²) in [5, 5.41) is 16.7. The predicted octanol–water partition coefficient (Wildman–Crippen LogP) is 6.03. The average molecular weight is 568 g/mol. The van der Waals surface area contributed by atoms with Crippen LogP contribution in [0.1, 0.15) is 42.4 Å². The molecule has 3 aromatic rings. The van der Waals surface area contributed by atoms with Gasteiger partial charge in [-0.2, -0.15) is 0 Å². The van der Waals surface area contributed by atoms with Gasteiger partial charge in [0, 0.05) is 28.8 Å². The van der Waals surface area contributed by atoms with Gasteiger partial charge in [0.15, 0.2) is 17.0 Å². The van der Waals surface area contributed by atoms with E-state index in [0.717, 1.165) is 24.0 Å². The SMILES string of the molecule is CCOc1cc([C@@H]2[C@@H]3CCCN3[C@@]3(C(=O)Nc4ccccc43)[C@@H]2[N+](=O)[O-])ccc1OCc1ccc(Cl)c(Cl)c1. The smallest absolute Gasteiger partial charge is 0.256 e. The van der Waals surface area contributed by atoms with Crippen LogP contribution in [0.4, 0.5) is 5.69 Å². The van der Waals surface area contributed by atoms with Crippen LogP contribution in [-0.2, 0) is 16.9 Å². The predicted molar refractivity (Wildman–Crippen MR) is 148 cm³/mol. The van der Waals surface area contributed by atoms with Crippen molar-refractivity contribution < 1.29 is 19.2 Å².